The lowest BCUT2D eigenvalue weighted by atomic mass is 10.0. The van der Waals surface area contributed by atoms with Gasteiger partial charge < -0.3 is 11.5 Å². The second kappa shape index (κ2) is 3.48. The van der Waals surface area contributed by atoms with Gasteiger partial charge in [0.1, 0.15) is 0 Å². The van der Waals surface area contributed by atoms with Gasteiger partial charge in [0.15, 0.2) is 0 Å². The zero-order chi connectivity index (χ0) is 9.14. The molecule has 66 valence electrons. The Hall–Kier alpha value is -1.18. The van der Waals surface area contributed by atoms with Crippen LogP contribution in [0.4, 0.5) is 11.4 Å². The maximum atomic E-state index is 5.83. The molecule has 1 aromatic carbocycles. The van der Waals surface area contributed by atoms with Gasteiger partial charge in [-0.05, 0) is 36.1 Å². The van der Waals surface area contributed by atoms with E-state index in [9.17, 15) is 0 Å². The number of nitrogen functional groups attached to an aromatic ring is 2. The maximum Gasteiger partial charge on any atom is 0.0369 e. The number of nitrogens with two attached hydrogens (primary N) is 2. The Morgan fingerprint density at radius 1 is 1.08 bits per heavy atom. The largest absolute Gasteiger partial charge is 0.399 e. The van der Waals surface area contributed by atoms with Crippen LogP contribution in [0, 0.1) is 0 Å². The first kappa shape index (κ1) is 8.91. The molecule has 0 aliphatic heterocycles. The summed E-state index contributed by atoms with van der Waals surface area (Å²) in [6.07, 6.45) is 1.98. The predicted octanol–water partition coefficient (Wildman–Crippen LogP) is 1.98. The van der Waals surface area contributed by atoms with Crippen LogP contribution in [0.2, 0.25) is 0 Å². The molecule has 0 bridgehead atoms. The first-order valence-corrected chi connectivity index (χ1v) is 4.35. The van der Waals surface area contributed by atoms with Gasteiger partial charge in [0.05, 0.1) is 0 Å². The average molecular weight is 164 g/mol. The van der Waals surface area contributed by atoms with E-state index in [-0.39, 0.29) is 0 Å². The Labute approximate surface area is 73.6 Å². The fourth-order valence-electron chi connectivity index (χ4n) is 1.53. The van der Waals surface area contributed by atoms with E-state index in [2.05, 4.69) is 13.8 Å². The Balaban J connectivity index is 3.24. The molecule has 0 aromatic heterocycles. The molecule has 0 atom stereocenters. The van der Waals surface area contributed by atoms with Crippen LogP contribution in [0.1, 0.15) is 25.0 Å². The van der Waals surface area contributed by atoms with Gasteiger partial charge in [0.25, 0.3) is 0 Å². The van der Waals surface area contributed by atoms with Gasteiger partial charge in [-0.3, -0.25) is 0 Å². The molecule has 1 rings (SSSR count). The van der Waals surface area contributed by atoms with Crippen LogP contribution in [0.25, 0.3) is 0 Å². The maximum absolute atomic E-state index is 5.83. The third kappa shape index (κ3) is 1.52. The van der Waals surface area contributed by atoms with E-state index in [0.717, 1.165) is 24.2 Å². The minimum absolute atomic E-state index is 0.765. The van der Waals surface area contributed by atoms with Crippen molar-refractivity contribution in [1.82, 2.24) is 0 Å². The van der Waals surface area contributed by atoms with Gasteiger partial charge in [-0.2, -0.15) is 0 Å². The summed E-state index contributed by atoms with van der Waals surface area (Å²) in [6.45, 7) is 4.23. The molecule has 0 fully saturated rings. The Morgan fingerprint density at radius 2 is 1.75 bits per heavy atom. The molecule has 0 unspecified atom stereocenters. The van der Waals surface area contributed by atoms with E-state index in [0.29, 0.717) is 0 Å². The van der Waals surface area contributed by atoms with E-state index in [4.69, 9.17) is 11.5 Å². The molecule has 0 spiro atoms. The van der Waals surface area contributed by atoms with Crippen molar-refractivity contribution >= 4 is 11.4 Å². The Kier molecular flexibility index (Phi) is 2.58. The normalized spacial score (nSPS) is 10.2. The fraction of sp³-hybridized carbons (Fsp3) is 0.400. The molecule has 0 aliphatic carbocycles. The van der Waals surface area contributed by atoms with E-state index in [1.54, 1.807) is 0 Å². The lowest BCUT2D eigenvalue weighted by molar-refractivity contribution is 1.04. The SMILES string of the molecule is CCc1cc(N)cc(N)c1CC. The number of benzene rings is 1. The van der Waals surface area contributed by atoms with Crippen LogP contribution in [0.3, 0.4) is 0 Å². The second-order valence-corrected chi connectivity index (χ2v) is 2.95. The highest BCUT2D eigenvalue weighted by Crippen LogP contribution is 2.22. The average Bonchev–Trinajstić information content (AvgIpc) is 2.03. The zero-order valence-corrected chi connectivity index (χ0v) is 7.72. The quantitative estimate of drug-likeness (QED) is 0.657. The molecular weight excluding hydrogens is 148 g/mol. The van der Waals surface area contributed by atoms with Crippen LogP contribution in [0.5, 0.6) is 0 Å². The summed E-state index contributed by atoms with van der Waals surface area (Å²) in [6, 6.07) is 3.84. The van der Waals surface area contributed by atoms with Crippen molar-refractivity contribution in [1.29, 1.82) is 0 Å². The number of anilines is 2. The molecule has 4 N–H and O–H groups in total. The molecule has 0 aliphatic rings. The lowest BCUT2D eigenvalue weighted by Crippen LogP contribution is -2.00. The molecule has 1 aromatic rings. The monoisotopic (exact) mass is 164 g/mol. The van der Waals surface area contributed by atoms with Crippen molar-refractivity contribution < 1.29 is 0 Å². The molecule has 0 radical (unpaired) electrons. The van der Waals surface area contributed by atoms with Gasteiger partial charge in [-0.25, -0.2) is 0 Å². The summed E-state index contributed by atoms with van der Waals surface area (Å²) in [5.41, 5.74) is 15.6. The summed E-state index contributed by atoms with van der Waals surface area (Å²) in [7, 11) is 0. The molecule has 0 saturated heterocycles. The van der Waals surface area contributed by atoms with Crippen LogP contribution in [0.15, 0.2) is 12.1 Å². The zero-order valence-electron chi connectivity index (χ0n) is 7.72. The van der Waals surface area contributed by atoms with Crippen molar-refractivity contribution in [3.63, 3.8) is 0 Å². The first-order valence-electron chi connectivity index (χ1n) is 4.35. The number of hydrogen-bond acceptors (Lipinski definition) is 2. The summed E-state index contributed by atoms with van der Waals surface area (Å²) >= 11 is 0. The third-order valence-corrected chi connectivity index (χ3v) is 2.13. The highest BCUT2D eigenvalue weighted by molar-refractivity contribution is 5.60. The molecule has 0 amide bonds. The van der Waals surface area contributed by atoms with E-state index >= 15 is 0 Å². The standard InChI is InChI=1S/C10H16N2/c1-3-7-5-8(11)6-10(12)9(7)4-2/h5-6H,3-4,11-12H2,1-2H3. The predicted molar refractivity (Wildman–Crippen MR) is 54.0 cm³/mol. The van der Waals surface area contributed by atoms with E-state index < -0.39 is 0 Å². The van der Waals surface area contributed by atoms with Crippen LogP contribution in [-0.4, -0.2) is 0 Å². The summed E-state index contributed by atoms with van der Waals surface area (Å²) in [5, 5.41) is 0. The highest BCUT2D eigenvalue weighted by Gasteiger charge is 2.03. The van der Waals surface area contributed by atoms with Crippen molar-refractivity contribution in [3.05, 3.63) is 23.3 Å². The number of hydrogen-bond donors (Lipinski definition) is 2. The first-order chi connectivity index (χ1) is 5.69. The molecule has 2 heteroatoms. The fourth-order valence-corrected chi connectivity index (χ4v) is 1.53. The summed E-state index contributed by atoms with van der Waals surface area (Å²) in [5.74, 6) is 0. The van der Waals surface area contributed by atoms with Gasteiger partial charge in [-0.1, -0.05) is 13.8 Å². The second-order valence-electron chi connectivity index (χ2n) is 2.95. The smallest absolute Gasteiger partial charge is 0.0369 e. The molecule has 0 saturated carbocycles. The Morgan fingerprint density at radius 3 is 2.25 bits per heavy atom. The molecular formula is C10H16N2. The topological polar surface area (TPSA) is 52.0 Å². The van der Waals surface area contributed by atoms with Crippen LogP contribution in [-0.2, 0) is 12.8 Å². The van der Waals surface area contributed by atoms with Crippen LogP contribution < -0.4 is 11.5 Å². The molecule has 2 nitrogen and oxygen atoms in total. The third-order valence-electron chi connectivity index (χ3n) is 2.13. The number of aryl methyl sites for hydroxylation is 1. The number of rotatable bonds is 2. The van der Waals surface area contributed by atoms with Crippen molar-refractivity contribution in [2.24, 2.45) is 0 Å². The highest BCUT2D eigenvalue weighted by atomic mass is 14.6. The van der Waals surface area contributed by atoms with Crippen molar-refractivity contribution in [2.75, 3.05) is 11.5 Å². The van der Waals surface area contributed by atoms with E-state index in [1.165, 1.54) is 11.1 Å². The van der Waals surface area contributed by atoms with Gasteiger partial charge >= 0.3 is 0 Å². The minimum Gasteiger partial charge on any atom is -0.399 e. The van der Waals surface area contributed by atoms with E-state index in [1.807, 2.05) is 12.1 Å². The minimum atomic E-state index is 0.765. The summed E-state index contributed by atoms with van der Waals surface area (Å²) in [4.78, 5) is 0. The Bertz CT molecular complexity index is 279. The van der Waals surface area contributed by atoms with Crippen molar-refractivity contribution in [2.45, 2.75) is 26.7 Å². The summed E-state index contributed by atoms with van der Waals surface area (Å²) < 4.78 is 0. The van der Waals surface area contributed by atoms with Crippen LogP contribution >= 0.6 is 0 Å². The molecule has 12 heavy (non-hydrogen) atoms. The van der Waals surface area contributed by atoms with Gasteiger partial charge in [0.2, 0.25) is 0 Å². The van der Waals surface area contributed by atoms with Gasteiger partial charge in [0, 0.05) is 11.4 Å². The van der Waals surface area contributed by atoms with Gasteiger partial charge in [-0.15, -0.1) is 0 Å². The lowest BCUT2D eigenvalue weighted by Gasteiger charge is -2.10. The van der Waals surface area contributed by atoms with Crippen molar-refractivity contribution in [3.8, 4) is 0 Å². The molecule has 0 heterocycles.